The fourth-order valence-electron chi connectivity index (χ4n) is 1.93. The second-order valence-electron chi connectivity index (χ2n) is 4.88. The van der Waals surface area contributed by atoms with Crippen LogP contribution in [0, 0.1) is 6.92 Å². The summed E-state index contributed by atoms with van der Waals surface area (Å²) >= 11 is 0. The lowest BCUT2D eigenvalue weighted by Crippen LogP contribution is -2.26. The summed E-state index contributed by atoms with van der Waals surface area (Å²) in [7, 11) is 0. The number of amides is 1. The van der Waals surface area contributed by atoms with E-state index in [0.717, 1.165) is 5.56 Å². The summed E-state index contributed by atoms with van der Waals surface area (Å²) in [6.07, 6.45) is 0. The van der Waals surface area contributed by atoms with E-state index in [2.05, 4.69) is 15.3 Å². The molecular formula is C16H18N6O. The number of benzene rings is 2. The number of aryl methyl sites for hydroxylation is 1. The minimum atomic E-state index is -0.202. The normalized spacial score (nSPS) is 10.9. The third-order valence-corrected chi connectivity index (χ3v) is 2.87. The number of nitrogens with two attached hydrogens (primary N) is 3. The highest BCUT2D eigenvalue weighted by molar-refractivity contribution is 6.04. The average molecular weight is 310 g/mol. The van der Waals surface area contributed by atoms with Gasteiger partial charge in [0.2, 0.25) is 5.96 Å². The Kier molecular flexibility index (Phi) is 4.93. The van der Waals surface area contributed by atoms with Gasteiger partial charge in [-0.3, -0.25) is 4.79 Å². The predicted octanol–water partition coefficient (Wildman–Crippen LogP) is 1.47. The Morgan fingerprint density at radius 2 is 1.78 bits per heavy atom. The van der Waals surface area contributed by atoms with Crippen molar-refractivity contribution in [3.8, 4) is 0 Å². The number of rotatable bonds is 3. The van der Waals surface area contributed by atoms with Crippen LogP contribution in [0.15, 0.2) is 58.5 Å². The maximum Gasteiger partial charge on any atom is 0.255 e. The summed E-state index contributed by atoms with van der Waals surface area (Å²) in [6.45, 7) is 1.93. The van der Waals surface area contributed by atoms with Gasteiger partial charge in [-0.25, -0.2) is 4.99 Å². The van der Waals surface area contributed by atoms with Crippen molar-refractivity contribution in [1.29, 1.82) is 0 Å². The van der Waals surface area contributed by atoms with Crippen LogP contribution < -0.4 is 22.5 Å². The van der Waals surface area contributed by atoms with Crippen LogP contribution in [0.5, 0.6) is 0 Å². The Morgan fingerprint density at radius 1 is 1.04 bits per heavy atom. The van der Waals surface area contributed by atoms with Gasteiger partial charge >= 0.3 is 0 Å². The lowest BCUT2D eigenvalue weighted by atomic mass is 10.1. The summed E-state index contributed by atoms with van der Waals surface area (Å²) in [5, 5.41) is 2.81. The second kappa shape index (κ2) is 7.08. The quantitative estimate of drug-likeness (QED) is 0.504. The van der Waals surface area contributed by atoms with Gasteiger partial charge in [0.1, 0.15) is 0 Å². The Labute approximate surface area is 133 Å². The molecule has 2 aromatic carbocycles. The van der Waals surface area contributed by atoms with Crippen LogP contribution in [-0.4, -0.2) is 17.8 Å². The summed E-state index contributed by atoms with van der Waals surface area (Å²) in [5.41, 5.74) is 18.8. The second-order valence-corrected chi connectivity index (χ2v) is 4.88. The monoisotopic (exact) mass is 310 g/mol. The molecule has 7 N–H and O–H groups in total. The number of guanidine groups is 2. The molecule has 0 spiro atoms. The molecule has 7 nitrogen and oxygen atoms in total. The molecule has 0 aliphatic heterocycles. The van der Waals surface area contributed by atoms with E-state index in [1.165, 1.54) is 0 Å². The van der Waals surface area contributed by atoms with Gasteiger partial charge in [-0.15, -0.1) is 0 Å². The van der Waals surface area contributed by atoms with E-state index in [4.69, 9.17) is 17.2 Å². The molecule has 0 radical (unpaired) electrons. The van der Waals surface area contributed by atoms with Crippen molar-refractivity contribution >= 4 is 29.2 Å². The first kappa shape index (κ1) is 16.0. The third-order valence-electron chi connectivity index (χ3n) is 2.87. The highest BCUT2D eigenvalue weighted by Crippen LogP contribution is 2.19. The fourth-order valence-corrected chi connectivity index (χ4v) is 1.93. The molecule has 1 amide bonds. The van der Waals surface area contributed by atoms with E-state index in [1.54, 1.807) is 30.3 Å². The van der Waals surface area contributed by atoms with Crippen LogP contribution in [-0.2, 0) is 0 Å². The summed E-state index contributed by atoms with van der Waals surface area (Å²) in [6, 6.07) is 14.2. The minimum Gasteiger partial charge on any atom is -0.370 e. The number of hydrogen-bond donors (Lipinski definition) is 4. The number of nitrogens with one attached hydrogen (secondary N) is 1. The third kappa shape index (κ3) is 4.85. The summed E-state index contributed by atoms with van der Waals surface area (Å²) in [5.74, 6) is -0.436. The molecule has 0 fully saturated rings. The number of aliphatic imine (C=N–C) groups is 2. The molecule has 0 bridgehead atoms. The molecule has 0 atom stereocenters. The van der Waals surface area contributed by atoms with Gasteiger partial charge in [-0.1, -0.05) is 23.8 Å². The standard InChI is InChI=1S/C16H18N6O/c1-10-4-2-5-11(8-10)14(23)20-12-6-3-7-13(9-12)21-16(19)22-15(17)18/h2-9H,1H3,(H,20,23)(H6,17,18,19,21,22). The van der Waals surface area contributed by atoms with E-state index in [1.807, 2.05) is 25.1 Å². The zero-order valence-electron chi connectivity index (χ0n) is 12.7. The van der Waals surface area contributed by atoms with Crippen molar-refractivity contribution in [2.75, 3.05) is 5.32 Å². The largest absolute Gasteiger partial charge is 0.370 e. The number of carbonyl (C=O) groups is 1. The molecule has 118 valence electrons. The Hall–Kier alpha value is -3.35. The van der Waals surface area contributed by atoms with E-state index in [0.29, 0.717) is 16.9 Å². The highest BCUT2D eigenvalue weighted by atomic mass is 16.1. The number of nitrogens with zero attached hydrogens (tertiary/aromatic N) is 2. The smallest absolute Gasteiger partial charge is 0.255 e. The lowest BCUT2D eigenvalue weighted by molar-refractivity contribution is 0.102. The highest BCUT2D eigenvalue weighted by Gasteiger charge is 2.06. The van der Waals surface area contributed by atoms with Crippen molar-refractivity contribution in [2.24, 2.45) is 27.2 Å². The summed E-state index contributed by atoms with van der Waals surface area (Å²) < 4.78 is 0. The van der Waals surface area contributed by atoms with Gasteiger partial charge in [0.25, 0.3) is 5.91 Å². The van der Waals surface area contributed by atoms with Crippen LogP contribution in [0.2, 0.25) is 0 Å². The Morgan fingerprint density at radius 3 is 2.48 bits per heavy atom. The van der Waals surface area contributed by atoms with E-state index >= 15 is 0 Å². The van der Waals surface area contributed by atoms with Crippen molar-refractivity contribution in [3.05, 3.63) is 59.7 Å². The van der Waals surface area contributed by atoms with Crippen LogP contribution >= 0.6 is 0 Å². The van der Waals surface area contributed by atoms with Crippen molar-refractivity contribution in [3.63, 3.8) is 0 Å². The molecule has 0 aliphatic rings. The first-order chi connectivity index (χ1) is 10.9. The molecular weight excluding hydrogens is 292 g/mol. The molecule has 23 heavy (non-hydrogen) atoms. The molecule has 2 aromatic rings. The first-order valence-electron chi connectivity index (χ1n) is 6.86. The molecule has 0 saturated heterocycles. The zero-order chi connectivity index (χ0) is 16.8. The van der Waals surface area contributed by atoms with Crippen molar-refractivity contribution < 1.29 is 4.79 Å². The number of carbonyl (C=O) groups excluding carboxylic acids is 1. The van der Waals surface area contributed by atoms with Gasteiger partial charge in [-0.2, -0.15) is 4.99 Å². The van der Waals surface area contributed by atoms with Gasteiger partial charge in [0.05, 0.1) is 5.69 Å². The SMILES string of the molecule is Cc1cccc(C(=O)Nc2cccc(N=C(N)N=C(N)N)c2)c1. The molecule has 0 unspecified atom stereocenters. The molecule has 0 aromatic heterocycles. The van der Waals surface area contributed by atoms with Crippen LogP contribution in [0.4, 0.5) is 11.4 Å². The van der Waals surface area contributed by atoms with E-state index in [9.17, 15) is 4.79 Å². The van der Waals surface area contributed by atoms with Crippen LogP contribution in [0.3, 0.4) is 0 Å². The van der Waals surface area contributed by atoms with Crippen LogP contribution in [0.25, 0.3) is 0 Å². The Balaban J connectivity index is 2.17. The maximum absolute atomic E-state index is 12.2. The molecule has 2 rings (SSSR count). The average Bonchev–Trinajstić information content (AvgIpc) is 2.46. The van der Waals surface area contributed by atoms with Crippen LogP contribution in [0.1, 0.15) is 15.9 Å². The van der Waals surface area contributed by atoms with Gasteiger partial charge in [0.15, 0.2) is 5.96 Å². The topological polar surface area (TPSA) is 132 Å². The van der Waals surface area contributed by atoms with Gasteiger partial charge in [0, 0.05) is 11.3 Å². The molecule has 7 heteroatoms. The molecule has 0 heterocycles. The molecule has 0 saturated carbocycles. The van der Waals surface area contributed by atoms with Gasteiger partial charge in [-0.05, 0) is 37.3 Å². The lowest BCUT2D eigenvalue weighted by Gasteiger charge is -2.06. The Bertz CT molecular complexity index is 778. The van der Waals surface area contributed by atoms with Crippen molar-refractivity contribution in [2.45, 2.75) is 6.92 Å². The van der Waals surface area contributed by atoms with E-state index < -0.39 is 0 Å². The van der Waals surface area contributed by atoms with Crippen molar-refractivity contribution in [1.82, 2.24) is 0 Å². The number of anilines is 1. The maximum atomic E-state index is 12.2. The molecule has 0 aliphatic carbocycles. The number of hydrogen-bond acceptors (Lipinski definition) is 2. The fraction of sp³-hybridized carbons (Fsp3) is 0.0625. The minimum absolute atomic E-state index is 0.0628. The van der Waals surface area contributed by atoms with Gasteiger partial charge < -0.3 is 22.5 Å². The zero-order valence-corrected chi connectivity index (χ0v) is 12.7. The predicted molar refractivity (Wildman–Crippen MR) is 92.7 cm³/mol. The van der Waals surface area contributed by atoms with E-state index in [-0.39, 0.29) is 17.8 Å². The first-order valence-corrected chi connectivity index (χ1v) is 6.86. The summed E-state index contributed by atoms with van der Waals surface area (Å²) in [4.78, 5) is 19.9.